The molecule has 0 bridgehead atoms. The maximum atomic E-state index is 13.1. The van der Waals surface area contributed by atoms with E-state index in [4.69, 9.17) is 9.47 Å². The second-order valence-electron chi connectivity index (χ2n) is 3.03. The summed E-state index contributed by atoms with van der Waals surface area (Å²) in [6, 6.07) is 2.79. The monoisotopic (exact) mass is 354 g/mol. The van der Waals surface area contributed by atoms with Gasteiger partial charge in [0.15, 0.2) is 6.29 Å². The number of hydrogen-bond donors (Lipinski definition) is 0. The summed E-state index contributed by atoms with van der Waals surface area (Å²) >= 11 is 6.62. The third kappa shape index (κ3) is 3.52. The molecular weight excluding hydrogens is 343 g/mol. The van der Waals surface area contributed by atoms with E-state index in [1.165, 1.54) is 12.1 Å². The molecule has 16 heavy (non-hydrogen) atoms. The Labute approximate surface area is 111 Å². The van der Waals surface area contributed by atoms with Gasteiger partial charge in [-0.2, -0.15) is 0 Å². The topological polar surface area (TPSA) is 18.5 Å². The lowest BCUT2D eigenvalue weighted by atomic mass is 10.2. The average molecular weight is 356 g/mol. The van der Waals surface area contributed by atoms with Crippen LogP contribution in [0, 0.1) is 5.82 Å². The summed E-state index contributed by atoms with van der Waals surface area (Å²) in [7, 11) is 0. The maximum Gasteiger partial charge on any atom is 0.185 e. The molecule has 5 heteroatoms. The van der Waals surface area contributed by atoms with Crippen molar-refractivity contribution >= 4 is 31.9 Å². The van der Waals surface area contributed by atoms with Gasteiger partial charge in [-0.15, -0.1) is 0 Å². The molecule has 0 radical (unpaired) electrons. The summed E-state index contributed by atoms with van der Waals surface area (Å²) < 4.78 is 25.3. The minimum Gasteiger partial charge on any atom is -0.349 e. The van der Waals surface area contributed by atoms with Gasteiger partial charge < -0.3 is 9.47 Å². The molecule has 0 aromatic heterocycles. The summed E-state index contributed by atoms with van der Waals surface area (Å²) in [4.78, 5) is 0. The Bertz CT molecular complexity index is 329. The van der Waals surface area contributed by atoms with E-state index in [0.717, 1.165) is 5.56 Å². The third-order valence-electron chi connectivity index (χ3n) is 1.92. The van der Waals surface area contributed by atoms with Crippen molar-refractivity contribution in [3.05, 3.63) is 32.5 Å². The second-order valence-corrected chi connectivity index (χ2v) is 4.73. The molecule has 1 aromatic carbocycles. The molecule has 0 fully saturated rings. The van der Waals surface area contributed by atoms with Crippen LogP contribution in [0.2, 0.25) is 0 Å². The average Bonchev–Trinajstić information content (AvgIpc) is 2.16. The molecular formula is C11H13Br2FO2. The quantitative estimate of drug-likeness (QED) is 0.728. The Hall–Kier alpha value is 0.0300. The molecule has 1 aromatic rings. The second kappa shape index (κ2) is 6.69. The van der Waals surface area contributed by atoms with Crippen molar-refractivity contribution < 1.29 is 13.9 Å². The van der Waals surface area contributed by atoms with Crippen molar-refractivity contribution in [1.29, 1.82) is 0 Å². The minimum absolute atomic E-state index is 0.311. The Morgan fingerprint density at radius 1 is 1.12 bits per heavy atom. The Morgan fingerprint density at radius 2 is 1.56 bits per heavy atom. The van der Waals surface area contributed by atoms with Gasteiger partial charge in [-0.05, 0) is 26.0 Å². The van der Waals surface area contributed by atoms with Crippen LogP contribution in [0.15, 0.2) is 21.1 Å². The Morgan fingerprint density at radius 3 is 1.94 bits per heavy atom. The van der Waals surface area contributed by atoms with Crippen LogP contribution in [0.4, 0.5) is 4.39 Å². The molecule has 0 N–H and O–H groups in total. The molecule has 0 aliphatic heterocycles. The van der Waals surface area contributed by atoms with E-state index < -0.39 is 6.29 Å². The molecule has 0 saturated carbocycles. The first-order valence-corrected chi connectivity index (χ1v) is 6.56. The van der Waals surface area contributed by atoms with Gasteiger partial charge in [-0.25, -0.2) is 4.39 Å². The first kappa shape index (κ1) is 14.1. The van der Waals surface area contributed by atoms with Crippen LogP contribution >= 0.6 is 31.9 Å². The van der Waals surface area contributed by atoms with Gasteiger partial charge in [-0.3, -0.25) is 0 Å². The lowest BCUT2D eigenvalue weighted by Crippen LogP contribution is -2.10. The van der Waals surface area contributed by atoms with E-state index >= 15 is 0 Å². The number of ether oxygens (including phenoxy) is 2. The number of rotatable bonds is 5. The van der Waals surface area contributed by atoms with Crippen LogP contribution in [0.5, 0.6) is 0 Å². The van der Waals surface area contributed by atoms with E-state index in [-0.39, 0.29) is 5.82 Å². The molecule has 0 saturated heterocycles. The summed E-state index contributed by atoms with van der Waals surface area (Å²) in [6.45, 7) is 4.83. The van der Waals surface area contributed by atoms with Crippen LogP contribution in [0.1, 0.15) is 25.7 Å². The van der Waals surface area contributed by atoms with Gasteiger partial charge in [-0.1, -0.05) is 31.9 Å². The van der Waals surface area contributed by atoms with Gasteiger partial charge in [0.1, 0.15) is 5.82 Å². The maximum absolute atomic E-state index is 13.1. The Balaban J connectivity index is 3.07. The third-order valence-corrected chi connectivity index (χ3v) is 3.23. The molecule has 90 valence electrons. The summed E-state index contributed by atoms with van der Waals surface area (Å²) in [5.74, 6) is -0.311. The largest absolute Gasteiger partial charge is 0.349 e. The summed E-state index contributed by atoms with van der Waals surface area (Å²) in [6.07, 6.45) is -0.487. The van der Waals surface area contributed by atoms with E-state index in [0.29, 0.717) is 22.2 Å². The van der Waals surface area contributed by atoms with Crippen LogP contribution in [0.25, 0.3) is 0 Å². The zero-order valence-electron chi connectivity index (χ0n) is 9.10. The van der Waals surface area contributed by atoms with Crippen molar-refractivity contribution in [3.8, 4) is 0 Å². The fraction of sp³-hybridized carbons (Fsp3) is 0.455. The van der Waals surface area contributed by atoms with Gasteiger partial charge in [0.25, 0.3) is 0 Å². The van der Waals surface area contributed by atoms with E-state index in [2.05, 4.69) is 31.9 Å². The number of hydrogen-bond acceptors (Lipinski definition) is 2. The highest BCUT2D eigenvalue weighted by Gasteiger charge is 2.19. The normalized spacial score (nSPS) is 11.1. The SMILES string of the molecule is CCOC(OCC)c1c(Br)cc(F)cc1Br. The predicted octanol–water partition coefficient (Wildman–Crippen LogP) is 4.42. The lowest BCUT2D eigenvalue weighted by Gasteiger charge is -2.20. The highest BCUT2D eigenvalue weighted by molar-refractivity contribution is 9.11. The standard InChI is InChI=1S/C11H13Br2FO2/c1-3-15-11(16-4-2)10-8(12)5-7(14)6-9(10)13/h5-6,11H,3-4H2,1-2H3. The first-order valence-electron chi connectivity index (χ1n) is 4.97. The van der Waals surface area contributed by atoms with Crippen LogP contribution < -0.4 is 0 Å². The number of halogens is 3. The van der Waals surface area contributed by atoms with Crippen LogP contribution in [-0.2, 0) is 9.47 Å². The van der Waals surface area contributed by atoms with E-state index in [1.807, 2.05) is 13.8 Å². The zero-order chi connectivity index (χ0) is 12.1. The molecule has 0 heterocycles. The highest BCUT2D eigenvalue weighted by atomic mass is 79.9. The van der Waals surface area contributed by atoms with Crippen LogP contribution in [0.3, 0.4) is 0 Å². The zero-order valence-corrected chi connectivity index (χ0v) is 12.3. The van der Waals surface area contributed by atoms with Crippen molar-refractivity contribution in [2.24, 2.45) is 0 Å². The van der Waals surface area contributed by atoms with E-state index in [9.17, 15) is 4.39 Å². The van der Waals surface area contributed by atoms with Crippen molar-refractivity contribution in [1.82, 2.24) is 0 Å². The van der Waals surface area contributed by atoms with Gasteiger partial charge in [0.05, 0.1) is 0 Å². The van der Waals surface area contributed by atoms with Crippen molar-refractivity contribution in [3.63, 3.8) is 0 Å². The van der Waals surface area contributed by atoms with E-state index in [1.54, 1.807) is 0 Å². The van der Waals surface area contributed by atoms with Gasteiger partial charge >= 0.3 is 0 Å². The smallest absolute Gasteiger partial charge is 0.185 e. The molecule has 0 aliphatic rings. The molecule has 1 rings (SSSR count). The lowest BCUT2D eigenvalue weighted by molar-refractivity contribution is -0.141. The Kier molecular flexibility index (Phi) is 5.89. The summed E-state index contributed by atoms with van der Waals surface area (Å²) in [5, 5.41) is 0. The number of benzene rings is 1. The predicted molar refractivity (Wildman–Crippen MR) is 67.8 cm³/mol. The fourth-order valence-electron chi connectivity index (χ4n) is 1.30. The minimum atomic E-state index is -0.487. The molecule has 2 nitrogen and oxygen atoms in total. The van der Waals surface area contributed by atoms with Crippen molar-refractivity contribution in [2.45, 2.75) is 20.1 Å². The molecule has 0 amide bonds. The first-order chi connectivity index (χ1) is 7.60. The van der Waals surface area contributed by atoms with Gasteiger partial charge in [0, 0.05) is 27.7 Å². The molecule has 0 spiro atoms. The molecule has 0 aliphatic carbocycles. The fourth-order valence-corrected chi connectivity index (χ4v) is 2.80. The molecule has 0 unspecified atom stereocenters. The van der Waals surface area contributed by atoms with Gasteiger partial charge in [0.2, 0.25) is 0 Å². The molecule has 0 atom stereocenters. The summed E-state index contributed by atoms with van der Waals surface area (Å²) in [5.41, 5.74) is 0.769. The van der Waals surface area contributed by atoms with Crippen LogP contribution in [-0.4, -0.2) is 13.2 Å². The van der Waals surface area contributed by atoms with Crippen molar-refractivity contribution in [2.75, 3.05) is 13.2 Å². The highest BCUT2D eigenvalue weighted by Crippen LogP contribution is 2.34.